The highest BCUT2D eigenvalue weighted by atomic mass is 35.5. The van der Waals surface area contributed by atoms with Crippen molar-refractivity contribution in [3.63, 3.8) is 0 Å². The largest absolute Gasteiger partial charge is 0.494 e. The Hall–Kier alpha value is -10.3. The van der Waals surface area contributed by atoms with Gasteiger partial charge in [0.05, 0.1) is 33.5 Å². The van der Waals surface area contributed by atoms with Crippen molar-refractivity contribution in [2.45, 2.75) is 53.8 Å². The van der Waals surface area contributed by atoms with Gasteiger partial charge in [0.25, 0.3) is 0 Å². The van der Waals surface area contributed by atoms with E-state index in [1.165, 1.54) is 0 Å². The van der Waals surface area contributed by atoms with Gasteiger partial charge in [-0.3, -0.25) is 0 Å². The van der Waals surface area contributed by atoms with Crippen molar-refractivity contribution in [1.82, 2.24) is 29.9 Å². The molecule has 0 bridgehead atoms. The summed E-state index contributed by atoms with van der Waals surface area (Å²) >= 11 is 6.26. The van der Waals surface area contributed by atoms with Crippen LogP contribution in [0.4, 0.5) is 0 Å². The van der Waals surface area contributed by atoms with Crippen LogP contribution in [0, 0.1) is 0 Å². The van der Waals surface area contributed by atoms with Gasteiger partial charge in [-0.05, 0) is 87.8 Å². The number of hydrogen-bond donors (Lipinski definition) is 0. The van der Waals surface area contributed by atoms with Crippen molar-refractivity contribution in [2.24, 2.45) is 0 Å². The molecular formula is C74H56BClN6O6. The second-order valence-electron chi connectivity index (χ2n) is 22.5. The molecule has 7 heterocycles. The molecule has 88 heavy (non-hydrogen) atoms. The van der Waals surface area contributed by atoms with E-state index in [0.29, 0.717) is 51.1 Å². The monoisotopic (exact) mass is 1170 g/mol. The van der Waals surface area contributed by atoms with Crippen LogP contribution in [0.2, 0.25) is 5.02 Å². The normalized spacial score (nSPS) is 13.6. The van der Waals surface area contributed by atoms with E-state index in [9.17, 15) is 0 Å². The van der Waals surface area contributed by atoms with Gasteiger partial charge in [-0.25, -0.2) is 29.9 Å². The van der Waals surface area contributed by atoms with E-state index in [0.717, 1.165) is 115 Å². The summed E-state index contributed by atoms with van der Waals surface area (Å²) in [4.78, 5) is 29.9. The smallest absolute Gasteiger partial charge is 0.455 e. The van der Waals surface area contributed by atoms with Crippen LogP contribution in [-0.4, -0.2) is 48.2 Å². The Morgan fingerprint density at radius 2 is 0.625 bits per heavy atom. The third kappa shape index (κ3) is 9.34. The number of para-hydroxylation sites is 6. The third-order valence-corrected chi connectivity index (χ3v) is 16.9. The summed E-state index contributed by atoms with van der Waals surface area (Å²) in [6.07, 6.45) is 0. The van der Waals surface area contributed by atoms with Gasteiger partial charge in [-0.1, -0.05) is 184 Å². The molecule has 10 aromatic carbocycles. The zero-order valence-electron chi connectivity index (χ0n) is 46.9. The zero-order chi connectivity index (χ0) is 57.8. The predicted octanol–water partition coefficient (Wildman–Crippen LogP) is 19.6. The lowest BCUT2D eigenvalue weighted by molar-refractivity contribution is 0.00578. The van der Waals surface area contributed by atoms with Crippen LogP contribution in [-0.2, 0) is 9.31 Å². The number of furan rings is 4. The maximum absolute atomic E-state index is 6.61. The lowest BCUT2D eigenvalue weighted by Gasteiger charge is -2.32. The van der Waals surface area contributed by atoms with Crippen LogP contribution < -0.4 is 5.46 Å². The Morgan fingerprint density at radius 1 is 0.307 bits per heavy atom. The molecule has 1 fully saturated rings. The molecule has 0 radical (unpaired) electrons. The fourth-order valence-electron chi connectivity index (χ4n) is 11.6. The van der Waals surface area contributed by atoms with E-state index in [-0.39, 0.29) is 14.9 Å². The van der Waals surface area contributed by atoms with E-state index >= 15 is 0 Å². The molecule has 0 unspecified atom stereocenters. The minimum atomic E-state index is -0.488. The molecule has 1 saturated heterocycles. The summed E-state index contributed by atoms with van der Waals surface area (Å²) in [5.41, 5.74) is 10.9. The van der Waals surface area contributed by atoms with E-state index in [2.05, 4.69) is 70.2 Å². The number of hydrogen-bond acceptors (Lipinski definition) is 12. The minimum absolute atomic E-state index is 0. The van der Waals surface area contributed by atoms with Crippen molar-refractivity contribution < 1.29 is 27.0 Å². The molecule has 1 aliphatic heterocycles. The number of benzene rings is 10. The Kier molecular flexibility index (Phi) is 13.6. The van der Waals surface area contributed by atoms with Gasteiger partial charge in [-0.15, -0.1) is 0 Å². The lowest BCUT2D eigenvalue weighted by Crippen LogP contribution is -2.41. The van der Waals surface area contributed by atoms with Crippen molar-refractivity contribution in [3.05, 3.63) is 223 Å². The van der Waals surface area contributed by atoms with E-state index in [4.69, 9.17) is 68.5 Å². The number of aromatic nitrogens is 6. The number of halogens is 1. The summed E-state index contributed by atoms with van der Waals surface area (Å²) < 4.78 is 38.3. The highest BCUT2D eigenvalue weighted by Crippen LogP contribution is 2.42. The zero-order valence-corrected chi connectivity index (χ0v) is 47.6. The van der Waals surface area contributed by atoms with Crippen LogP contribution >= 0.6 is 11.6 Å². The van der Waals surface area contributed by atoms with Gasteiger partial charge in [0.2, 0.25) is 0 Å². The molecule has 6 aromatic heterocycles. The summed E-state index contributed by atoms with van der Waals surface area (Å²) in [5.74, 6) is 3.21. The summed E-state index contributed by atoms with van der Waals surface area (Å²) in [6, 6.07) is 72.0. The molecule has 12 nitrogen and oxygen atoms in total. The second kappa shape index (κ2) is 21.6. The SMILES string of the molecule is C.C.CC1(C)OB(c2ccc3c(c2)oc2c(-c4nc(-c5ccccc5)nc(-c5cccc6c5oc5ccccc56)n4)cccc23)OC1(C)C.Clc1ccc2c(c1)oc1c(-c3nc(-c4ccccc4)nc(-c4cccc5c4oc4ccccc45)n3)cccc12. The van der Waals surface area contributed by atoms with Crippen LogP contribution in [0.3, 0.4) is 0 Å². The van der Waals surface area contributed by atoms with Gasteiger partial charge in [0, 0.05) is 65.3 Å². The first kappa shape index (κ1) is 55.6. The molecular weight excluding hydrogens is 1120 g/mol. The van der Waals surface area contributed by atoms with Crippen LogP contribution in [0.15, 0.2) is 236 Å². The highest BCUT2D eigenvalue weighted by molar-refractivity contribution is 6.62. The Balaban J connectivity index is 0.000000154. The highest BCUT2D eigenvalue weighted by Gasteiger charge is 2.52. The maximum atomic E-state index is 6.61. The van der Waals surface area contributed by atoms with E-state index in [1.807, 2.05) is 176 Å². The fraction of sp³-hybridized carbons (Fsp3) is 0.108. The van der Waals surface area contributed by atoms with Crippen LogP contribution in [0.25, 0.3) is 156 Å². The summed E-state index contributed by atoms with van der Waals surface area (Å²) in [7, 11) is -0.488. The standard InChI is InChI=1S/C39H30BN3O4.C33H18ClN3O2.2CH4/c1-38(2)39(3,4)47-40(46-38)24-20-21-26-28-16-11-18-30(34(28)45-32(26)22-24)37-42-35(23-12-6-5-7-13-23)41-36(43-37)29-17-10-15-27-25-14-8-9-19-31(25)44-33(27)29;34-20-16-17-22-24-12-7-14-26(30(24)39-28(22)18-20)33-36-31(19-8-2-1-3-9-19)35-32(37-33)25-13-6-11-23-21-10-4-5-15-27(21)38-29(23)25;;/h5-22H,1-4H3;1-18H;2*1H4. The van der Waals surface area contributed by atoms with Gasteiger partial charge >= 0.3 is 7.12 Å². The van der Waals surface area contributed by atoms with Crippen molar-refractivity contribution in [2.75, 3.05) is 0 Å². The molecule has 16 aromatic rings. The maximum Gasteiger partial charge on any atom is 0.494 e. The Morgan fingerprint density at radius 3 is 1.03 bits per heavy atom. The second-order valence-corrected chi connectivity index (χ2v) is 22.9. The first-order valence-electron chi connectivity index (χ1n) is 28.4. The lowest BCUT2D eigenvalue weighted by atomic mass is 9.79. The topological polar surface area (TPSA) is 148 Å². The molecule has 17 rings (SSSR count). The van der Waals surface area contributed by atoms with Gasteiger partial charge in [0.1, 0.15) is 44.7 Å². The molecule has 0 amide bonds. The summed E-state index contributed by atoms with van der Waals surface area (Å²) in [6.45, 7) is 8.22. The molecule has 0 aliphatic carbocycles. The van der Waals surface area contributed by atoms with Gasteiger partial charge in [0.15, 0.2) is 34.9 Å². The van der Waals surface area contributed by atoms with Crippen molar-refractivity contribution in [1.29, 1.82) is 0 Å². The molecule has 0 saturated carbocycles. The molecule has 0 N–H and O–H groups in total. The molecule has 14 heteroatoms. The fourth-order valence-corrected chi connectivity index (χ4v) is 11.7. The first-order valence-corrected chi connectivity index (χ1v) is 28.7. The predicted molar refractivity (Wildman–Crippen MR) is 356 cm³/mol. The quantitative estimate of drug-likeness (QED) is 0.140. The van der Waals surface area contributed by atoms with E-state index < -0.39 is 18.3 Å². The average Bonchev–Trinajstić information content (AvgIpc) is 1.89. The Labute approximate surface area is 511 Å². The first-order chi connectivity index (χ1) is 42.0. The molecule has 1 aliphatic rings. The van der Waals surface area contributed by atoms with Crippen LogP contribution in [0.5, 0.6) is 0 Å². The average molecular weight is 1170 g/mol. The third-order valence-electron chi connectivity index (χ3n) is 16.6. The van der Waals surface area contributed by atoms with Crippen molar-refractivity contribution >= 4 is 112 Å². The number of fused-ring (bicyclic) bond motifs is 12. The molecule has 0 atom stereocenters. The minimum Gasteiger partial charge on any atom is -0.455 e. The molecule has 428 valence electrons. The van der Waals surface area contributed by atoms with E-state index in [1.54, 1.807) is 0 Å². The Bertz CT molecular complexity index is 5350. The van der Waals surface area contributed by atoms with Crippen LogP contribution in [0.1, 0.15) is 42.5 Å². The number of rotatable bonds is 7. The van der Waals surface area contributed by atoms with Crippen molar-refractivity contribution in [3.8, 4) is 68.3 Å². The van der Waals surface area contributed by atoms with Gasteiger partial charge < -0.3 is 27.0 Å². The number of nitrogens with zero attached hydrogens (tertiary/aromatic N) is 6. The van der Waals surface area contributed by atoms with Gasteiger partial charge in [-0.2, -0.15) is 0 Å². The molecule has 0 spiro atoms. The summed E-state index contributed by atoms with van der Waals surface area (Å²) in [5, 5.41) is 8.68.